The van der Waals surface area contributed by atoms with Crippen LogP contribution in [0.4, 0.5) is 4.39 Å². The van der Waals surface area contributed by atoms with Gasteiger partial charge in [0.25, 0.3) is 0 Å². The normalized spacial score (nSPS) is 9.47. The van der Waals surface area contributed by atoms with Crippen molar-refractivity contribution in [3.63, 3.8) is 0 Å². The van der Waals surface area contributed by atoms with Crippen LogP contribution in [0.5, 0.6) is 0 Å². The second kappa shape index (κ2) is 5.52. The maximum Gasteiger partial charge on any atom is 0.0518 e. The van der Waals surface area contributed by atoms with E-state index in [2.05, 4.69) is 27.0 Å². The van der Waals surface area contributed by atoms with Crippen LogP contribution < -0.4 is 0 Å². The molecule has 0 aliphatic carbocycles. The fraction of sp³-hybridized carbons (Fsp3) is 0. The number of halogens is 2. The molecule has 4 heteroatoms. The fourth-order valence-corrected chi connectivity index (χ4v) is 1.46. The predicted octanol–water partition coefficient (Wildman–Crippen LogP) is 3.45. The molecular weight excluding hydrogens is 440 g/mol. The Morgan fingerprint density at radius 3 is 2.73 bits per heavy atom. The SMILES string of the molecule is Fc1c[c-]c(-c2ccccn2)cc1Br.[Pt]. The van der Waals surface area contributed by atoms with Gasteiger partial charge in [-0.1, -0.05) is 28.1 Å². The molecule has 1 aromatic heterocycles. The van der Waals surface area contributed by atoms with Gasteiger partial charge in [0.15, 0.2) is 0 Å². The summed E-state index contributed by atoms with van der Waals surface area (Å²) in [7, 11) is 0. The summed E-state index contributed by atoms with van der Waals surface area (Å²) in [5.41, 5.74) is 1.56. The van der Waals surface area contributed by atoms with Crippen LogP contribution in [0.3, 0.4) is 0 Å². The Morgan fingerprint density at radius 1 is 1.33 bits per heavy atom. The number of nitrogens with zero attached hydrogens (tertiary/aromatic N) is 1. The predicted molar refractivity (Wildman–Crippen MR) is 56.2 cm³/mol. The maximum atomic E-state index is 12.9. The summed E-state index contributed by atoms with van der Waals surface area (Å²) in [6.07, 6.45) is 1.69. The number of hydrogen-bond acceptors (Lipinski definition) is 1. The van der Waals surface area contributed by atoms with E-state index < -0.39 is 0 Å². The van der Waals surface area contributed by atoms with Gasteiger partial charge in [0, 0.05) is 27.3 Å². The van der Waals surface area contributed by atoms with E-state index in [1.165, 1.54) is 6.07 Å². The number of benzene rings is 1. The van der Waals surface area contributed by atoms with Crippen LogP contribution >= 0.6 is 15.9 Å². The summed E-state index contributed by atoms with van der Waals surface area (Å²) in [5.74, 6) is -0.315. The van der Waals surface area contributed by atoms with E-state index >= 15 is 0 Å². The molecule has 1 heterocycles. The third-order valence-electron chi connectivity index (χ3n) is 1.79. The largest absolute Gasteiger partial charge is 0.305 e. The molecule has 1 aromatic carbocycles. The van der Waals surface area contributed by atoms with Crippen LogP contribution in [-0.2, 0) is 21.1 Å². The summed E-state index contributed by atoms with van der Waals surface area (Å²) in [5, 5.41) is 0. The zero-order chi connectivity index (χ0) is 9.97. The molecule has 0 saturated heterocycles. The molecule has 2 aromatic rings. The third kappa shape index (κ3) is 2.96. The zero-order valence-electron chi connectivity index (χ0n) is 7.48. The molecule has 0 unspecified atom stereocenters. The van der Waals surface area contributed by atoms with Crippen LogP contribution in [0.15, 0.2) is 41.0 Å². The van der Waals surface area contributed by atoms with E-state index in [0.29, 0.717) is 4.47 Å². The summed E-state index contributed by atoms with van der Waals surface area (Å²) in [6, 6.07) is 11.4. The Morgan fingerprint density at radius 2 is 2.13 bits per heavy atom. The van der Waals surface area contributed by atoms with E-state index in [9.17, 15) is 4.39 Å². The molecule has 0 bridgehead atoms. The van der Waals surface area contributed by atoms with Gasteiger partial charge in [-0.15, -0.1) is 23.8 Å². The Balaban J connectivity index is 0.00000112. The number of rotatable bonds is 1. The monoisotopic (exact) mass is 445 g/mol. The summed E-state index contributed by atoms with van der Waals surface area (Å²) in [4.78, 5) is 4.15. The first kappa shape index (κ1) is 12.5. The van der Waals surface area contributed by atoms with Crippen molar-refractivity contribution in [2.45, 2.75) is 0 Å². The second-order valence-corrected chi connectivity index (χ2v) is 3.61. The smallest absolute Gasteiger partial charge is 0.0518 e. The molecule has 0 atom stereocenters. The molecule has 15 heavy (non-hydrogen) atoms. The minimum Gasteiger partial charge on any atom is -0.305 e. The molecule has 2 rings (SSSR count). The average molecular weight is 446 g/mol. The van der Waals surface area contributed by atoms with Gasteiger partial charge in [0.2, 0.25) is 0 Å². The van der Waals surface area contributed by atoms with E-state index in [1.807, 2.05) is 18.2 Å². The van der Waals surface area contributed by atoms with Crippen molar-refractivity contribution in [3.8, 4) is 11.3 Å². The van der Waals surface area contributed by atoms with E-state index in [4.69, 9.17) is 0 Å². The van der Waals surface area contributed by atoms with Crippen molar-refractivity contribution >= 4 is 15.9 Å². The topological polar surface area (TPSA) is 12.9 Å². The molecule has 0 aliphatic heterocycles. The van der Waals surface area contributed by atoms with Gasteiger partial charge >= 0.3 is 0 Å². The number of hydrogen-bond donors (Lipinski definition) is 0. The quantitative estimate of drug-likeness (QED) is 0.612. The fourth-order valence-electron chi connectivity index (χ4n) is 1.12. The molecule has 0 aliphatic rings. The molecule has 80 valence electrons. The number of aromatic nitrogens is 1. The maximum absolute atomic E-state index is 12.9. The van der Waals surface area contributed by atoms with Gasteiger partial charge in [0.1, 0.15) is 0 Å². The van der Waals surface area contributed by atoms with Gasteiger partial charge in [-0.25, -0.2) is 0 Å². The van der Waals surface area contributed by atoms with Crippen LogP contribution in [0.2, 0.25) is 0 Å². The van der Waals surface area contributed by atoms with E-state index in [0.717, 1.165) is 11.3 Å². The van der Waals surface area contributed by atoms with Crippen molar-refractivity contribution in [2.24, 2.45) is 0 Å². The summed E-state index contributed by atoms with van der Waals surface area (Å²) in [6.45, 7) is 0. The van der Waals surface area contributed by atoms with Crippen molar-refractivity contribution in [2.75, 3.05) is 0 Å². The van der Waals surface area contributed by atoms with Crippen LogP contribution in [0, 0.1) is 11.9 Å². The first-order valence-electron chi connectivity index (χ1n) is 4.05. The van der Waals surface area contributed by atoms with Crippen LogP contribution in [0.1, 0.15) is 0 Å². The van der Waals surface area contributed by atoms with E-state index in [-0.39, 0.29) is 26.9 Å². The molecular formula is C11H6BrFNPt-. The number of pyridine rings is 1. The zero-order valence-corrected chi connectivity index (χ0v) is 11.3. The summed E-state index contributed by atoms with van der Waals surface area (Å²) < 4.78 is 13.3. The molecule has 0 amide bonds. The summed E-state index contributed by atoms with van der Waals surface area (Å²) >= 11 is 3.12. The first-order valence-corrected chi connectivity index (χ1v) is 4.85. The van der Waals surface area contributed by atoms with Gasteiger partial charge in [-0.3, -0.25) is 4.39 Å². The minimum absolute atomic E-state index is 0. The first-order chi connectivity index (χ1) is 6.77. The van der Waals surface area contributed by atoms with Gasteiger partial charge in [0.05, 0.1) is 5.82 Å². The minimum atomic E-state index is -0.315. The molecule has 1 nitrogen and oxygen atoms in total. The van der Waals surface area contributed by atoms with Crippen LogP contribution in [-0.4, -0.2) is 4.98 Å². The second-order valence-electron chi connectivity index (χ2n) is 2.76. The molecule has 0 radical (unpaired) electrons. The molecule has 0 N–H and O–H groups in total. The van der Waals surface area contributed by atoms with Crippen LogP contribution in [0.25, 0.3) is 11.3 Å². The molecule has 0 spiro atoms. The van der Waals surface area contributed by atoms with E-state index in [1.54, 1.807) is 12.3 Å². The molecule has 0 saturated carbocycles. The third-order valence-corrected chi connectivity index (χ3v) is 2.40. The standard InChI is InChI=1S/C11H6BrFN.Pt/c12-9-7-8(4-5-10(9)13)11-3-1-2-6-14-11;/h1-3,5-7H;/q-1;. The van der Waals surface area contributed by atoms with Crippen molar-refractivity contribution in [1.82, 2.24) is 4.98 Å². The van der Waals surface area contributed by atoms with Gasteiger partial charge in [-0.05, 0) is 16.2 Å². The Labute approximate surface area is 110 Å². The Kier molecular flexibility index (Phi) is 4.62. The Bertz CT molecular complexity index is 448. The van der Waals surface area contributed by atoms with Crippen molar-refractivity contribution < 1.29 is 25.5 Å². The average Bonchev–Trinajstić information content (AvgIpc) is 2.23. The molecule has 0 fully saturated rings. The van der Waals surface area contributed by atoms with Crippen molar-refractivity contribution in [3.05, 3.63) is 52.9 Å². The Hall–Kier alpha value is -0.532. The van der Waals surface area contributed by atoms with Gasteiger partial charge < -0.3 is 4.98 Å². The van der Waals surface area contributed by atoms with Crippen molar-refractivity contribution in [1.29, 1.82) is 0 Å². The van der Waals surface area contributed by atoms with Gasteiger partial charge in [-0.2, -0.15) is 0 Å².